The molecule has 0 radical (unpaired) electrons. The first-order valence-corrected chi connectivity index (χ1v) is 8.98. The Balaban J connectivity index is 1.64. The standard InChI is InChI=1S/C21H21N3O2/c1-14(13-24-11-5-9-19(24)25)23-21(26)18-12-15-6-2-3-7-16(15)17-8-4-10-22-20(17)18/h2-4,6-8,10,12,14H,5,9,11,13H2,1H3,(H,23,26)/t14-/m1/s1. The third kappa shape index (κ3) is 3.01. The van der Waals surface area contributed by atoms with Crippen LogP contribution in [0.5, 0.6) is 0 Å². The average Bonchev–Trinajstić information content (AvgIpc) is 3.05. The molecule has 4 rings (SSSR count). The second-order valence-electron chi connectivity index (χ2n) is 6.86. The molecular formula is C21H21N3O2. The number of nitrogens with zero attached hydrogens (tertiary/aromatic N) is 2. The summed E-state index contributed by atoms with van der Waals surface area (Å²) >= 11 is 0. The highest BCUT2D eigenvalue weighted by atomic mass is 16.2. The Bertz CT molecular complexity index is 999. The van der Waals surface area contributed by atoms with E-state index in [-0.39, 0.29) is 17.9 Å². The molecule has 2 amide bonds. The molecule has 0 aliphatic carbocycles. The zero-order valence-electron chi connectivity index (χ0n) is 14.7. The lowest BCUT2D eigenvalue weighted by molar-refractivity contribution is -0.127. The number of amides is 2. The zero-order chi connectivity index (χ0) is 18.1. The van der Waals surface area contributed by atoms with E-state index in [1.54, 1.807) is 6.20 Å². The first-order valence-electron chi connectivity index (χ1n) is 8.98. The van der Waals surface area contributed by atoms with Gasteiger partial charge in [0.15, 0.2) is 0 Å². The number of likely N-dealkylation sites (tertiary alicyclic amines) is 1. The van der Waals surface area contributed by atoms with Crippen molar-refractivity contribution in [1.82, 2.24) is 15.2 Å². The average molecular weight is 347 g/mol. The molecule has 2 heterocycles. The van der Waals surface area contributed by atoms with Gasteiger partial charge in [-0.05, 0) is 36.2 Å². The summed E-state index contributed by atoms with van der Waals surface area (Å²) in [7, 11) is 0. The lowest BCUT2D eigenvalue weighted by Gasteiger charge is -2.22. The van der Waals surface area contributed by atoms with Gasteiger partial charge in [-0.1, -0.05) is 30.3 Å². The molecule has 0 spiro atoms. The van der Waals surface area contributed by atoms with Crippen molar-refractivity contribution in [2.24, 2.45) is 0 Å². The second kappa shape index (κ2) is 6.75. The molecule has 0 saturated carbocycles. The SMILES string of the molecule is C[C@H](CN1CCCC1=O)NC(=O)c1cc2ccccc2c2cccnc12. The van der Waals surface area contributed by atoms with Gasteiger partial charge < -0.3 is 10.2 Å². The van der Waals surface area contributed by atoms with Crippen molar-refractivity contribution in [3.05, 3.63) is 54.2 Å². The van der Waals surface area contributed by atoms with Gasteiger partial charge in [0.1, 0.15) is 0 Å². The van der Waals surface area contributed by atoms with Crippen molar-refractivity contribution in [2.45, 2.75) is 25.8 Å². The van der Waals surface area contributed by atoms with Crippen LogP contribution in [0.2, 0.25) is 0 Å². The van der Waals surface area contributed by atoms with Gasteiger partial charge in [0, 0.05) is 37.1 Å². The van der Waals surface area contributed by atoms with E-state index in [4.69, 9.17) is 0 Å². The van der Waals surface area contributed by atoms with E-state index in [1.807, 2.05) is 54.3 Å². The maximum atomic E-state index is 12.9. The molecule has 1 aliphatic heterocycles. The Morgan fingerprint density at radius 1 is 1.23 bits per heavy atom. The molecule has 2 aromatic carbocycles. The van der Waals surface area contributed by atoms with Crippen LogP contribution in [-0.4, -0.2) is 40.8 Å². The summed E-state index contributed by atoms with van der Waals surface area (Å²) in [6.45, 7) is 3.25. The normalized spacial score (nSPS) is 15.6. The van der Waals surface area contributed by atoms with Crippen molar-refractivity contribution in [3.63, 3.8) is 0 Å². The smallest absolute Gasteiger partial charge is 0.253 e. The quantitative estimate of drug-likeness (QED) is 0.738. The Kier molecular flexibility index (Phi) is 4.29. The van der Waals surface area contributed by atoms with Crippen molar-refractivity contribution in [2.75, 3.05) is 13.1 Å². The molecule has 1 atom stereocenters. The second-order valence-corrected chi connectivity index (χ2v) is 6.86. The third-order valence-electron chi connectivity index (χ3n) is 4.90. The lowest BCUT2D eigenvalue weighted by atomic mass is 10.00. The number of pyridine rings is 1. The van der Waals surface area contributed by atoms with E-state index in [2.05, 4.69) is 10.3 Å². The highest BCUT2D eigenvalue weighted by molar-refractivity contribution is 6.15. The summed E-state index contributed by atoms with van der Waals surface area (Å²) in [4.78, 5) is 31.0. The first-order chi connectivity index (χ1) is 12.6. The molecule has 1 N–H and O–H groups in total. The van der Waals surface area contributed by atoms with E-state index in [0.717, 1.165) is 29.1 Å². The lowest BCUT2D eigenvalue weighted by Crippen LogP contribution is -2.42. The Hall–Kier alpha value is -2.95. The van der Waals surface area contributed by atoms with Crippen molar-refractivity contribution >= 4 is 33.5 Å². The van der Waals surface area contributed by atoms with Crippen molar-refractivity contribution in [3.8, 4) is 0 Å². The van der Waals surface area contributed by atoms with Crippen LogP contribution in [0.15, 0.2) is 48.7 Å². The number of carbonyl (C=O) groups is 2. The van der Waals surface area contributed by atoms with Gasteiger partial charge in [0.2, 0.25) is 5.91 Å². The van der Waals surface area contributed by atoms with Gasteiger partial charge in [-0.25, -0.2) is 0 Å². The number of hydrogen-bond acceptors (Lipinski definition) is 3. The van der Waals surface area contributed by atoms with Crippen LogP contribution < -0.4 is 5.32 Å². The molecule has 0 bridgehead atoms. The fraction of sp³-hybridized carbons (Fsp3) is 0.286. The molecule has 1 saturated heterocycles. The van der Waals surface area contributed by atoms with E-state index in [9.17, 15) is 9.59 Å². The third-order valence-corrected chi connectivity index (χ3v) is 4.90. The van der Waals surface area contributed by atoms with Crippen LogP contribution in [0.4, 0.5) is 0 Å². The molecule has 3 aromatic rings. The summed E-state index contributed by atoms with van der Waals surface area (Å²) in [6.07, 6.45) is 3.22. The van der Waals surface area contributed by atoms with Gasteiger partial charge in [0.25, 0.3) is 5.91 Å². The fourth-order valence-electron chi connectivity index (χ4n) is 3.68. The summed E-state index contributed by atoms with van der Waals surface area (Å²) in [5.74, 6) is 0.0162. The van der Waals surface area contributed by atoms with Crippen LogP contribution in [0.25, 0.3) is 21.7 Å². The van der Waals surface area contributed by atoms with E-state index in [0.29, 0.717) is 24.0 Å². The van der Waals surface area contributed by atoms with Crippen LogP contribution >= 0.6 is 0 Å². The molecule has 0 unspecified atom stereocenters. The Labute approximate surface area is 152 Å². The molecule has 132 valence electrons. The van der Waals surface area contributed by atoms with Crippen LogP contribution in [-0.2, 0) is 4.79 Å². The topological polar surface area (TPSA) is 62.3 Å². The van der Waals surface area contributed by atoms with Gasteiger partial charge in [-0.15, -0.1) is 0 Å². The molecule has 26 heavy (non-hydrogen) atoms. The molecule has 5 heteroatoms. The van der Waals surface area contributed by atoms with Gasteiger partial charge >= 0.3 is 0 Å². The molecule has 1 aliphatic rings. The molecular weight excluding hydrogens is 326 g/mol. The zero-order valence-corrected chi connectivity index (χ0v) is 14.7. The largest absolute Gasteiger partial charge is 0.348 e. The highest BCUT2D eigenvalue weighted by Gasteiger charge is 2.23. The summed E-state index contributed by atoms with van der Waals surface area (Å²) in [6, 6.07) is 13.7. The number of fused-ring (bicyclic) bond motifs is 3. The Morgan fingerprint density at radius 2 is 2.04 bits per heavy atom. The number of benzene rings is 2. The number of carbonyl (C=O) groups excluding carboxylic acids is 2. The minimum Gasteiger partial charge on any atom is -0.348 e. The highest BCUT2D eigenvalue weighted by Crippen LogP contribution is 2.27. The minimum absolute atomic E-state index is 0.116. The molecule has 5 nitrogen and oxygen atoms in total. The van der Waals surface area contributed by atoms with Crippen LogP contribution in [0.3, 0.4) is 0 Å². The summed E-state index contributed by atoms with van der Waals surface area (Å²) < 4.78 is 0. The first kappa shape index (κ1) is 16.5. The number of nitrogens with one attached hydrogen (secondary N) is 1. The molecule has 1 fully saturated rings. The van der Waals surface area contributed by atoms with Crippen LogP contribution in [0.1, 0.15) is 30.1 Å². The predicted molar refractivity (Wildman–Crippen MR) is 102 cm³/mol. The van der Waals surface area contributed by atoms with E-state index >= 15 is 0 Å². The van der Waals surface area contributed by atoms with E-state index < -0.39 is 0 Å². The Morgan fingerprint density at radius 3 is 2.85 bits per heavy atom. The van der Waals surface area contributed by atoms with Crippen LogP contribution in [0, 0.1) is 0 Å². The molecule has 1 aromatic heterocycles. The summed E-state index contributed by atoms with van der Waals surface area (Å²) in [5.41, 5.74) is 1.27. The maximum Gasteiger partial charge on any atom is 0.253 e. The number of hydrogen-bond donors (Lipinski definition) is 1. The van der Waals surface area contributed by atoms with Crippen molar-refractivity contribution in [1.29, 1.82) is 0 Å². The monoisotopic (exact) mass is 347 g/mol. The number of aromatic nitrogens is 1. The number of rotatable bonds is 4. The van der Waals surface area contributed by atoms with Gasteiger partial charge in [0.05, 0.1) is 11.1 Å². The maximum absolute atomic E-state index is 12.9. The fourth-order valence-corrected chi connectivity index (χ4v) is 3.68. The van der Waals surface area contributed by atoms with Gasteiger partial charge in [-0.2, -0.15) is 0 Å². The van der Waals surface area contributed by atoms with E-state index in [1.165, 1.54) is 0 Å². The summed E-state index contributed by atoms with van der Waals surface area (Å²) in [5, 5.41) is 6.10. The minimum atomic E-state index is -0.154. The van der Waals surface area contributed by atoms with Crippen molar-refractivity contribution < 1.29 is 9.59 Å². The van der Waals surface area contributed by atoms with Gasteiger partial charge in [-0.3, -0.25) is 14.6 Å². The predicted octanol–water partition coefficient (Wildman–Crippen LogP) is 3.13.